The van der Waals surface area contributed by atoms with Gasteiger partial charge in [-0.15, -0.1) is 0 Å². The third-order valence-corrected chi connectivity index (χ3v) is 5.78. The fraction of sp³-hybridized carbons (Fsp3) is 0.583. The summed E-state index contributed by atoms with van der Waals surface area (Å²) < 4.78 is 11.5. The lowest BCUT2D eigenvalue weighted by Crippen LogP contribution is -2.55. The molecule has 0 aliphatic carbocycles. The SMILES string of the molecule is C[C@@H]1CN(C(=O)[C@@H]2CCC(=O)N[C@@H](C)C(=O)NCCCOc3ccccc3C(=O)N2)C[C@H](C)O1. The van der Waals surface area contributed by atoms with E-state index in [-0.39, 0.29) is 49.4 Å². The van der Waals surface area contributed by atoms with Gasteiger partial charge in [0.15, 0.2) is 0 Å². The molecule has 10 nitrogen and oxygen atoms in total. The van der Waals surface area contributed by atoms with Crippen molar-refractivity contribution in [3.63, 3.8) is 0 Å². The van der Waals surface area contributed by atoms with Crippen molar-refractivity contribution >= 4 is 23.6 Å². The van der Waals surface area contributed by atoms with Gasteiger partial charge in [-0.05, 0) is 45.7 Å². The van der Waals surface area contributed by atoms with Crippen LogP contribution in [0.15, 0.2) is 24.3 Å². The lowest BCUT2D eigenvalue weighted by Gasteiger charge is -2.37. The molecule has 1 aromatic rings. The first-order valence-corrected chi connectivity index (χ1v) is 11.8. The second-order valence-corrected chi connectivity index (χ2v) is 8.84. The standard InChI is InChI=1S/C24H34N4O6/c1-15-13-28(14-16(2)34-15)24(32)19-9-10-21(29)26-17(3)22(30)25-11-6-12-33-20-8-5-4-7-18(20)23(31)27-19/h4-5,7-8,15-17,19H,6,9-14H2,1-3H3,(H,25,30)(H,26,29)(H,27,31)/t15-,16+,17-,19-/m0/s1. The number of carbonyl (C=O) groups excluding carboxylic acids is 4. The molecule has 2 aliphatic rings. The molecule has 34 heavy (non-hydrogen) atoms. The minimum atomic E-state index is -0.916. The average Bonchev–Trinajstić information content (AvgIpc) is 2.79. The molecule has 186 valence electrons. The van der Waals surface area contributed by atoms with Crippen LogP contribution in [0, 0.1) is 0 Å². The van der Waals surface area contributed by atoms with E-state index in [0.717, 1.165) is 0 Å². The molecule has 0 bridgehead atoms. The Balaban J connectivity index is 1.83. The van der Waals surface area contributed by atoms with Gasteiger partial charge in [-0.2, -0.15) is 0 Å². The molecule has 0 radical (unpaired) electrons. The number of benzene rings is 1. The van der Waals surface area contributed by atoms with E-state index in [0.29, 0.717) is 37.4 Å². The quantitative estimate of drug-likeness (QED) is 0.547. The maximum Gasteiger partial charge on any atom is 0.255 e. The van der Waals surface area contributed by atoms with Crippen molar-refractivity contribution in [1.29, 1.82) is 0 Å². The van der Waals surface area contributed by atoms with Crippen LogP contribution < -0.4 is 20.7 Å². The summed E-state index contributed by atoms with van der Waals surface area (Å²) in [6.45, 7) is 6.85. The second kappa shape index (κ2) is 11.8. The van der Waals surface area contributed by atoms with Gasteiger partial charge in [-0.25, -0.2) is 0 Å². The minimum Gasteiger partial charge on any atom is -0.493 e. The molecule has 0 saturated carbocycles. The Kier molecular flexibility index (Phi) is 8.86. The fourth-order valence-corrected chi connectivity index (χ4v) is 4.13. The maximum atomic E-state index is 13.4. The van der Waals surface area contributed by atoms with E-state index in [1.807, 2.05) is 13.8 Å². The van der Waals surface area contributed by atoms with Gasteiger partial charge < -0.3 is 30.3 Å². The van der Waals surface area contributed by atoms with E-state index in [4.69, 9.17) is 9.47 Å². The Labute approximate surface area is 199 Å². The zero-order chi connectivity index (χ0) is 24.7. The molecule has 4 atom stereocenters. The summed E-state index contributed by atoms with van der Waals surface area (Å²) in [5.41, 5.74) is 0.304. The Bertz CT molecular complexity index is 897. The summed E-state index contributed by atoms with van der Waals surface area (Å²) >= 11 is 0. The van der Waals surface area contributed by atoms with Gasteiger partial charge in [0.2, 0.25) is 17.7 Å². The summed E-state index contributed by atoms with van der Waals surface area (Å²) in [6, 6.07) is 5.17. The first kappa shape index (κ1) is 25.5. The molecule has 1 aromatic carbocycles. The van der Waals surface area contributed by atoms with Crippen molar-refractivity contribution < 1.29 is 28.7 Å². The number of para-hydroxylation sites is 1. The number of nitrogens with zero attached hydrogens (tertiary/aromatic N) is 1. The normalized spacial score (nSPS) is 27.5. The highest BCUT2D eigenvalue weighted by Crippen LogP contribution is 2.19. The molecule has 2 aliphatic heterocycles. The molecular weight excluding hydrogens is 440 g/mol. The number of nitrogens with one attached hydrogen (secondary N) is 3. The lowest BCUT2D eigenvalue weighted by atomic mass is 10.1. The van der Waals surface area contributed by atoms with Crippen LogP contribution in [0.4, 0.5) is 0 Å². The van der Waals surface area contributed by atoms with Gasteiger partial charge in [0.25, 0.3) is 5.91 Å². The second-order valence-electron chi connectivity index (χ2n) is 8.84. The van der Waals surface area contributed by atoms with Crippen molar-refractivity contribution in [1.82, 2.24) is 20.9 Å². The lowest BCUT2D eigenvalue weighted by molar-refractivity contribution is -0.145. The van der Waals surface area contributed by atoms with Crippen molar-refractivity contribution in [2.75, 3.05) is 26.2 Å². The molecule has 10 heteroatoms. The Morgan fingerprint density at radius 2 is 1.74 bits per heavy atom. The van der Waals surface area contributed by atoms with Crippen LogP contribution in [-0.2, 0) is 19.1 Å². The van der Waals surface area contributed by atoms with Gasteiger partial charge in [0.05, 0.1) is 24.4 Å². The zero-order valence-electron chi connectivity index (χ0n) is 20.0. The van der Waals surface area contributed by atoms with Crippen LogP contribution in [0.1, 0.15) is 50.4 Å². The smallest absolute Gasteiger partial charge is 0.255 e. The van der Waals surface area contributed by atoms with Gasteiger partial charge in [0.1, 0.15) is 17.8 Å². The molecule has 0 unspecified atom stereocenters. The molecule has 1 fully saturated rings. The fourth-order valence-electron chi connectivity index (χ4n) is 4.13. The van der Waals surface area contributed by atoms with Crippen LogP contribution in [0.25, 0.3) is 0 Å². The Hall–Kier alpha value is -3.14. The number of ether oxygens (including phenoxy) is 2. The van der Waals surface area contributed by atoms with Gasteiger partial charge in [-0.1, -0.05) is 12.1 Å². The molecular formula is C24H34N4O6. The number of rotatable bonds is 1. The predicted molar refractivity (Wildman–Crippen MR) is 124 cm³/mol. The monoisotopic (exact) mass is 474 g/mol. The van der Waals surface area contributed by atoms with Crippen molar-refractivity contribution in [2.24, 2.45) is 0 Å². The third-order valence-electron chi connectivity index (χ3n) is 5.78. The summed E-state index contributed by atoms with van der Waals surface area (Å²) in [5.74, 6) is -0.984. The molecule has 2 heterocycles. The van der Waals surface area contributed by atoms with Crippen LogP contribution in [0.5, 0.6) is 5.75 Å². The van der Waals surface area contributed by atoms with Crippen LogP contribution in [0.3, 0.4) is 0 Å². The van der Waals surface area contributed by atoms with Crippen LogP contribution in [0.2, 0.25) is 0 Å². The predicted octanol–water partition coefficient (Wildman–Crippen LogP) is 0.604. The van der Waals surface area contributed by atoms with Gasteiger partial charge in [0, 0.05) is 26.1 Å². The highest BCUT2D eigenvalue weighted by atomic mass is 16.5. The van der Waals surface area contributed by atoms with Crippen molar-refractivity contribution in [2.45, 2.75) is 64.3 Å². The molecule has 3 rings (SSSR count). The number of hydrogen-bond donors (Lipinski definition) is 3. The number of hydrogen-bond acceptors (Lipinski definition) is 6. The maximum absolute atomic E-state index is 13.4. The van der Waals surface area contributed by atoms with E-state index < -0.39 is 18.0 Å². The molecule has 0 spiro atoms. The molecule has 0 aromatic heterocycles. The molecule has 3 N–H and O–H groups in total. The van der Waals surface area contributed by atoms with E-state index in [9.17, 15) is 19.2 Å². The topological polar surface area (TPSA) is 126 Å². The highest BCUT2D eigenvalue weighted by molar-refractivity contribution is 5.99. The van der Waals surface area contributed by atoms with Crippen LogP contribution in [-0.4, -0.2) is 79.1 Å². The van der Waals surface area contributed by atoms with Crippen molar-refractivity contribution in [3.8, 4) is 5.75 Å². The molecule has 1 saturated heterocycles. The first-order valence-electron chi connectivity index (χ1n) is 11.8. The number of morpholine rings is 1. The first-order chi connectivity index (χ1) is 16.2. The Morgan fingerprint density at radius 3 is 2.47 bits per heavy atom. The van der Waals surface area contributed by atoms with E-state index in [1.165, 1.54) is 0 Å². The van der Waals surface area contributed by atoms with Crippen LogP contribution >= 0.6 is 0 Å². The number of fused-ring (bicyclic) bond motifs is 1. The van der Waals surface area contributed by atoms with Gasteiger partial charge in [-0.3, -0.25) is 19.2 Å². The van der Waals surface area contributed by atoms with E-state index >= 15 is 0 Å². The van der Waals surface area contributed by atoms with Gasteiger partial charge >= 0.3 is 0 Å². The molecule has 4 amide bonds. The highest BCUT2D eigenvalue weighted by Gasteiger charge is 2.32. The Morgan fingerprint density at radius 1 is 1.03 bits per heavy atom. The summed E-state index contributed by atoms with van der Waals surface area (Å²) in [7, 11) is 0. The summed E-state index contributed by atoms with van der Waals surface area (Å²) in [6.07, 6.45) is 0.324. The van der Waals surface area contributed by atoms with E-state index in [2.05, 4.69) is 16.0 Å². The third kappa shape index (κ3) is 6.93. The largest absolute Gasteiger partial charge is 0.493 e. The zero-order valence-corrected chi connectivity index (χ0v) is 20.0. The average molecular weight is 475 g/mol. The number of amides is 4. The van der Waals surface area contributed by atoms with Crippen molar-refractivity contribution in [3.05, 3.63) is 29.8 Å². The summed E-state index contributed by atoms with van der Waals surface area (Å²) in [5, 5.41) is 8.22. The number of carbonyl (C=O) groups is 4. The minimum absolute atomic E-state index is 0.0259. The summed E-state index contributed by atoms with van der Waals surface area (Å²) in [4.78, 5) is 52.9. The van der Waals surface area contributed by atoms with E-state index in [1.54, 1.807) is 36.1 Å².